The van der Waals surface area contributed by atoms with Crippen LogP contribution in [0.1, 0.15) is 5.56 Å². The zero-order valence-corrected chi connectivity index (χ0v) is 9.14. The molecular weight excluding hydrogens is 235 g/mol. The summed E-state index contributed by atoms with van der Waals surface area (Å²) in [4.78, 5) is 8.04. The Kier molecular flexibility index (Phi) is 1.97. The van der Waals surface area contributed by atoms with Gasteiger partial charge in [0.1, 0.15) is 16.4 Å². The molecule has 0 bridgehead atoms. The van der Waals surface area contributed by atoms with Crippen LogP contribution in [0.15, 0.2) is 12.1 Å². The molecule has 0 amide bonds. The third-order valence-corrected chi connectivity index (χ3v) is 2.90. The topological polar surface area (TPSA) is 35.0 Å². The molecule has 1 aromatic heterocycles. The largest absolute Gasteiger partial charge is 0.491 e. The number of nitrogens with zero attached hydrogens (tertiary/aromatic N) is 2. The van der Waals surface area contributed by atoms with Crippen molar-refractivity contribution in [3.05, 3.63) is 28.1 Å². The van der Waals surface area contributed by atoms with Gasteiger partial charge in [0.25, 0.3) is 0 Å². The quantitative estimate of drug-likeness (QED) is 0.525. The van der Waals surface area contributed by atoms with Gasteiger partial charge in [-0.3, -0.25) is 0 Å². The van der Waals surface area contributed by atoms with Crippen LogP contribution in [-0.2, 0) is 6.42 Å². The minimum atomic E-state index is 0.149. The van der Waals surface area contributed by atoms with E-state index in [9.17, 15) is 0 Å². The minimum Gasteiger partial charge on any atom is -0.491 e. The Morgan fingerprint density at radius 1 is 1.20 bits per heavy atom. The van der Waals surface area contributed by atoms with Gasteiger partial charge < -0.3 is 4.74 Å². The zero-order valence-electron chi connectivity index (χ0n) is 7.63. The maximum Gasteiger partial charge on any atom is 0.224 e. The maximum absolute atomic E-state index is 5.97. The Morgan fingerprint density at radius 2 is 2.07 bits per heavy atom. The smallest absolute Gasteiger partial charge is 0.224 e. The first kappa shape index (κ1) is 9.19. The van der Waals surface area contributed by atoms with Crippen LogP contribution in [0, 0.1) is 0 Å². The molecule has 2 aromatic rings. The van der Waals surface area contributed by atoms with Gasteiger partial charge in [0, 0.05) is 11.8 Å². The third-order valence-electron chi connectivity index (χ3n) is 2.45. The van der Waals surface area contributed by atoms with Gasteiger partial charge in [-0.05, 0) is 23.2 Å². The fraction of sp³-hybridized carbons (Fsp3) is 0.200. The van der Waals surface area contributed by atoms with Crippen LogP contribution in [0.2, 0.25) is 10.4 Å². The van der Waals surface area contributed by atoms with Crippen LogP contribution >= 0.6 is 23.2 Å². The molecule has 0 atom stereocenters. The van der Waals surface area contributed by atoms with E-state index < -0.39 is 0 Å². The number of hydrogen-bond donors (Lipinski definition) is 0. The van der Waals surface area contributed by atoms with Gasteiger partial charge >= 0.3 is 0 Å². The number of halogens is 2. The van der Waals surface area contributed by atoms with Gasteiger partial charge in [-0.25, -0.2) is 9.97 Å². The molecule has 0 radical (unpaired) electrons. The van der Waals surface area contributed by atoms with Crippen molar-refractivity contribution in [2.45, 2.75) is 6.42 Å². The molecule has 0 unspecified atom stereocenters. The number of ether oxygens (including phenoxy) is 1. The number of aromatic nitrogens is 2. The summed E-state index contributed by atoms with van der Waals surface area (Å²) in [6.45, 7) is 0.688. The van der Waals surface area contributed by atoms with E-state index >= 15 is 0 Å². The third kappa shape index (κ3) is 1.34. The highest BCUT2D eigenvalue weighted by atomic mass is 35.5. The predicted molar refractivity (Wildman–Crippen MR) is 58.8 cm³/mol. The molecule has 3 rings (SSSR count). The van der Waals surface area contributed by atoms with Crippen molar-refractivity contribution in [1.82, 2.24) is 9.97 Å². The summed E-state index contributed by atoms with van der Waals surface area (Å²) >= 11 is 11.7. The highest BCUT2D eigenvalue weighted by molar-refractivity contribution is 6.35. The molecule has 1 aliphatic rings. The van der Waals surface area contributed by atoms with Crippen molar-refractivity contribution in [3.8, 4) is 5.75 Å². The van der Waals surface area contributed by atoms with Crippen molar-refractivity contribution >= 4 is 34.1 Å². The minimum absolute atomic E-state index is 0.149. The van der Waals surface area contributed by atoms with Gasteiger partial charge in [0.05, 0.1) is 6.61 Å². The molecule has 0 saturated heterocycles. The van der Waals surface area contributed by atoms with Crippen LogP contribution in [0.25, 0.3) is 10.9 Å². The molecule has 15 heavy (non-hydrogen) atoms. The Hall–Kier alpha value is -1.06. The molecular formula is C10H6Cl2N2O. The Labute approximate surface area is 96.0 Å². The fourth-order valence-corrected chi connectivity index (χ4v) is 2.21. The summed E-state index contributed by atoms with van der Waals surface area (Å²) in [5, 5.41) is 1.29. The molecule has 0 fully saturated rings. The Morgan fingerprint density at radius 3 is 2.93 bits per heavy atom. The number of benzene rings is 1. The van der Waals surface area contributed by atoms with Crippen molar-refractivity contribution in [1.29, 1.82) is 0 Å². The van der Waals surface area contributed by atoms with Crippen LogP contribution < -0.4 is 4.74 Å². The second-order valence-electron chi connectivity index (χ2n) is 3.33. The molecule has 0 spiro atoms. The molecule has 0 aliphatic carbocycles. The normalized spacial score (nSPS) is 14.0. The van der Waals surface area contributed by atoms with E-state index in [0.29, 0.717) is 17.3 Å². The van der Waals surface area contributed by atoms with Crippen molar-refractivity contribution in [2.24, 2.45) is 0 Å². The first-order valence-electron chi connectivity index (χ1n) is 4.53. The molecule has 5 heteroatoms. The lowest BCUT2D eigenvalue weighted by atomic mass is 10.1. The summed E-state index contributed by atoms with van der Waals surface area (Å²) in [6.07, 6.45) is 0.907. The zero-order chi connectivity index (χ0) is 10.4. The lowest BCUT2D eigenvalue weighted by molar-refractivity contribution is 0.359. The molecule has 0 N–H and O–H groups in total. The van der Waals surface area contributed by atoms with Crippen LogP contribution in [-0.4, -0.2) is 16.6 Å². The highest BCUT2D eigenvalue weighted by Gasteiger charge is 2.18. The lowest BCUT2D eigenvalue weighted by Crippen LogP contribution is -1.91. The molecule has 76 valence electrons. The van der Waals surface area contributed by atoms with Gasteiger partial charge in [-0.1, -0.05) is 17.7 Å². The van der Waals surface area contributed by atoms with Crippen LogP contribution in [0.5, 0.6) is 5.75 Å². The molecule has 1 aliphatic heterocycles. The van der Waals surface area contributed by atoms with Gasteiger partial charge in [-0.15, -0.1) is 0 Å². The van der Waals surface area contributed by atoms with E-state index in [1.54, 1.807) is 0 Å². The molecule has 0 saturated carbocycles. The molecule has 2 heterocycles. The lowest BCUT2D eigenvalue weighted by Gasteiger charge is -2.05. The number of hydrogen-bond acceptors (Lipinski definition) is 3. The van der Waals surface area contributed by atoms with Crippen LogP contribution in [0.3, 0.4) is 0 Å². The van der Waals surface area contributed by atoms with E-state index in [-0.39, 0.29) is 5.28 Å². The number of rotatable bonds is 0. The SMILES string of the molecule is Clc1nc(Cl)c2ccc3c(c2n1)OCC3. The van der Waals surface area contributed by atoms with Crippen LogP contribution in [0.4, 0.5) is 0 Å². The summed E-state index contributed by atoms with van der Waals surface area (Å²) < 4.78 is 5.51. The standard InChI is InChI=1S/C10H6Cl2N2O/c11-9-6-2-1-5-3-4-15-8(5)7(6)13-10(12)14-9/h1-2H,3-4H2. The molecule has 1 aromatic carbocycles. The Bertz CT molecular complexity index is 557. The summed E-state index contributed by atoms with van der Waals surface area (Å²) in [6, 6.07) is 3.90. The van der Waals surface area contributed by atoms with E-state index in [4.69, 9.17) is 27.9 Å². The highest BCUT2D eigenvalue weighted by Crippen LogP contribution is 2.35. The van der Waals surface area contributed by atoms with Crippen molar-refractivity contribution in [2.75, 3.05) is 6.61 Å². The van der Waals surface area contributed by atoms with Crippen molar-refractivity contribution < 1.29 is 4.74 Å². The second kappa shape index (κ2) is 3.22. The first-order valence-corrected chi connectivity index (χ1v) is 5.29. The first-order chi connectivity index (χ1) is 7.25. The molecule has 3 nitrogen and oxygen atoms in total. The van der Waals surface area contributed by atoms with Gasteiger partial charge in [0.15, 0.2) is 0 Å². The van der Waals surface area contributed by atoms with E-state index in [1.807, 2.05) is 12.1 Å². The van der Waals surface area contributed by atoms with E-state index in [0.717, 1.165) is 23.1 Å². The average Bonchev–Trinajstić information content (AvgIpc) is 2.65. The summed E-state index contributed by atoms with van der Waals surface area (Å²) in [5.74, 6) is 0.790. The van der Waals surface area contributed by atoms with E-state index in [2.05, 4.69) is 9.97 Å². The summed E-state index contributed by atoms with van der Waals surface area (Å²) in [5.41, 5.74) is 1.85. The fourth-order valence-electron chi connectivity index (χ4n) is 1.77. The number of fused-ring (bicyclic) bond motifs is 3. The Balaban J connectivity index is 2.44. The second-order valence-corrected chi connectivity index (χ2v) is 4.03. The monoisotopic (exact) mass is 240 g/mol. The van der Waals surface area contributed by atoms with Gasteiger partial charge in [0.2, 0.25) is 5.28 Å². The van der Waals surface area contributed by atoms with E-state index in [1.165, 1.54) is 0 Å². The van der Waals surface area contributed by atoms with Gasteiger partial charge in [-0.2, -0.15) is 0 Å². The summed E-state index contributed by atoms with van der Waals surface area (Å²) in [7, 11) is 0. The average molecular weight is 241 g/mol. The predicted octanol–water partition coefficient (Wildman–Crippen LogP) is 2.87. The van der Waals surface area contributed by atoms with Crippen molar-refractivity contribution in [3.63, 3.8) is 0 Å². The maximum atomic E-state index is 5.97.